The molecule has 2 N–H and O–H groups in total. The average molecular weight is 713 g/mol. The van der Waals surface area contributed by atoms with Gasteiger partial charge in [-0.2, -0.15) is 17.2 Å². The molecule has 1 atom stereocenters. The average Bonchev–Trinajstić information content (AvgIpc) is 2.69. The van der Waals surface area contributed by atoms with E-state index in [2.05, 4.69) is 4.74 Å². The zero-order chi connectivity index (χ0) is 25.3. The van der Waals surface area contributed by atoms with Crippen molar-refractivity contribution in [3.8, 4) is 11.5 Å². The third-order valence-corrected chi connectivity index (χ3v) is 6.42. The van der Waals surface area contributed by atoms with Crippen molar-refractivity contribution < 1.29 is 50.8 Å². The summed E-state index contributed by atoms with van der Waals surface area (Å²) >= 11 is 3.59. The molecule has 11 nitrogen and oxygen atoms in total. The number of rotatable bonds is 7. The van der Waals surface area contributed by atoms with Gasteiger partial charge in [0.25, 0.3) is 0 Å². The monoisotopic (exact) mass is 713 g/mol. The number of phenolic OH excluding ortho intramolecular Hbond substituents is 1. The summed E-state index contributed by atoms with van der Waals surface area (Å²) in [5.74, 6) is -4.20. The van der Waals surface area contributed by atoms with E-state index < -0.39 is 61.1 Å². The standard InChI is InChI=1S/C17H11F2I2NO10S/c1-7(17(18,19)33(28,29)30)31-15(24)9-3-2-4-12(13(9)22(26)27)32-16(25)10-5-8(20)6-11(21)14(10)23/h2-7,23H,1H3,(H,28,29,30). The molecule has 0 spiro atoms. The van der Waals surface area contributed by atoms with Crippen molar-refractivity contribution in [3.63, 3.8) is 0 Å². The van der Waals surface area contributed by atoms with Crippen molar-refractivity contribution in [1.29, 1.82) is 0 Å². The number of alkyl halides is 2. The first kappa shape index (κ1) is 27.1. The van der Waals surface area contributed by atoms with Gasteiger partial charge >= 0.3 is 33.0 Å². The smallest absolute Gasteiger partial charge is 0.405 e. The lowest BCUT2D eigenvalue weighted by Gasteiger charge is -2.20. The molecule has 16 heteroatoms. The molecule has 0 aliphatic carbocycles. The molecule has 0 heterocycles. The molecule has 0 amide bonds. The molecule has 1 unspecified atom stereocenters. The highest BCUT2D eigenvalue weighted by Crippen LogP contribution is 2.35. The van der Waals surface area contributed by atoms with Crippen LogP contribution in [0.2, 0.25) is 0 Å². The van der Waals surface area contributed by atoms with E-state index in [9.17, 15) is 42.0 Å². The van der Waals surface area contributed by atoms with E-state index in [-0.39, 0.29) is 9.13 Å². The van der Waals surface area contributed by atoms with Gasteiger partial charge in [0.15, 0.2) is 6.10 Å². The fraction of sp³-hybridized carbons (Fsp3) is 0.176. The molecule has 2 aromatic rings. The molecule has 0 bridgehead atoms. The fourth-order valence-corrected chi connectivity index (χ4v) is 4.65. The lowest BCUT2D eigenvalue weighted by atomic mass is 10.1. The number of benzene rings is 2. The number of nitro groups is 1. The van der Waals surface area contributed by atoms with E-state index in [0.29, 0.717) is 10.5 Å². The first-order chi connectivity index (χ1) is 15.1. The van der Waals surface area contributed by atoms with Gasteiger partial charge in [-0.1, -0.05) is 6.07 Å². The van der Waals surface area contributed by atoms with Crippen molar-refractivity contribution in [3.05, 3.63) is 58.7 Å². The second kappa shape index (κ2) is 9.97. The number of carbonyl (C=O) groups is 2. The zero-order valence-corrected chi connectivity index (χ0v) is 21.1. The Labute approximate surface area is 211 Å². The SMILES string of the molecule is CC(OC(=O)c1cccc(OC(=O)c2cc(I)cc(I)c2O)c1[N+](=O)[O-])C(F)(F)S(=O)(=O)O. The molecule has 2 aromatic carbocycles. The molecule has 0 saturated carbocycles. The highest BCUT2D eigenvalue weighted by molar-refractivity contribution is 14.1. The van der Waals surface area contributed by atoms with Crippen LogP contribution in [0.3, 0.4) is 0 Å². The normalized spacial score (nSPS) is 12.7. The summed E-state index contributed by atoms with van der Waals surface area (Å²) in [5, 5.41) is 16.7. The predicted octanol–water partition coefficient (Wildman–Crippen LogP) is 3.75. The fourth-order valence-electron chi connectivity index (χ4n) is 2.34. The van der Waals surface area contributed by atoms with Crippen molar-refractivity contribution in [2.75, 3.05) is 0 Å². The Morgan fingerprint density at radius 3 is 2.33 bits per heavy atom. The Bertz CT molecular complexity index is 1250. The topological polar surface area (TPSA) is 170 Å². The second-order valence-electron chi connectivity index (χ2n) is 6.17. The highest BCUT2D eigenvalue weighted by atomic mass is 127. The molecular weight excluding hydrogens is 702 g/mol. The number of halogens is 4. The van der Waals surface area contributed by atoms with Crippen LogP contribution in [-0.4, -0.2) is 46.3 Å². The van der Waals surface area contributed by atoms with E-state index in [4.69, 9.17) is 9.29 Å². The Kier molecular flexibility index (Phi) is 8.18. The van der Waals surface area contributed by atoms with Gasteiger partial charge < -0.3 is 14.6 Å². The van der Waals surface area contributed by atoms with Gasteiger partial charge in [0, 0.05) is 3.57 Å². The molecule has 2 rings (SSSR count). The predicted molar refractivity (Wildman–Crippen MR) is 123 cm³/mol. The number of phenols is 1. The maximum absolute atomic E-state index is 13.7. The van der Waals surface area contributed by atoms with Crippen LogP contribution >= 0.6 is 45.2 Å². The van der Waals surface area contributed by atoms with Gasteiger partial charge in [-0.3, -0.25) is 14.7 Å². The highest BCUT2D eigenvalue weighted by Gasteiger charge is 2.52. The van der Waals surface area contributed by atoms with Crippen LogP contribution in [0.4, 0.5) is 14.5 Å². The minimum absolute atomic E-state index is 0.284. The van der Waals surface area contributed by atoms with Gasteiger partial charge in [-0.05, 0) is 76.4 Å². The van der Waals surface area contributed by atoms with E-state index in [0.717, 1.165) is 18.2 Å². The molecule has 0 aliphatic rings. The summed E-state index contributed by atoms with van der Waals surface area (Å²) in [6.07, 6.45) is -2.73. The zero-order valence-electron chi connectivity index (χ0n) is 16.0. The summed E-state index contributed by atoms with van der Waals surface area (Å²) in [6, 6.07) is 5.51. The number of hydrogen-bond donors (Lipinski definition) is 2. The molecule has 0 aromatic heterocycles. The Morgan fingerprint density at radius 1 is 1.18 bits per heavy atom. The number of hydrogen-bond acceptors (Lipinski definition) is 9. The van der Waals surface area contributed by atoms with Crippen LogP contribution in [0.15, 0.2) is 30.3 Å². The largest absolute Gasteiger partial charge is 0.506 e. The van der Waals surface area contributed by atoms with Crippen molar-refractivity contribution >= 4 is 72.9 Å². The number of esters is 2. The Morgan fingerprint density at radius 2 is 1.79 bits per heavy atom. The molecule has 0 fully saturated rings. The minimum atomic E-state index is -5.96. The van der Waals surface area contributed by atoms with Crippen LogP contribution in [0, 0.1) is 17.3 Å². The Hall–Kier alpha value is -2.19. The lowest BCUT2D eigenvalue weighted by Crippen LogP contribution is -2.42. The molecule has 178 valence electrons. The summed E-state index contributed by atoms with van der Waals surface area (Å²) < 4.78 is 67.6. The van der Waals surface area contributed by atoms with Crippen molar-refractivity contribution in [2.24, 2.45) is 0 Å². The summed E-state index contributed by atoms with van der Waals surface area (Å²) in [5.41, 5.74) is -2.42. The van der Waals surface area contributed by atoms with Crippen LogP contribution < -0.4 is 4.74 Å². The van der Waals surface area contributed by atoms with E-state index >= 15 is 0 Å². The van der Waals surface area contributed by atoms with Crippen molar-refractivity contribution in [2.45, 2.75) is 18.3 Å². The number of carbonyl (C=O) groups excluding carboxylic acids is 2. The number of ether oxygens (including phenoxy) is 2. The van der Waals surface area contributed by atoms with Gasteiger partial charge in [0.05, 0.1) is 8.49 Å². The third kappa shape index (κ3) is 5.84. The lowest BCUT2D eigenvalue weighted by molar-refractivity contribution is -0.386. The van der Waals surface area contributed by atoms with Crippen LogP contribution in [0.1, 0.15) is 27.6 Å². The minimum Gasteiger partial charge on any atom is -0.506 e. The molecule has 0 saturated heterocycles. The van der Waals surface area contributed by atoms with Gasteiger partial charge in [0.2, 0.25) is 5.75 Å². The Balaban J connectivity index is 2.44. The number of nitro benzene ring substituents is 1. The number of nitrogens with zero attached hydrogens (tertiary/aromatic N) is 1. The number of aromatic hydroxyl groups is 1. The second-order valence-corrected chi connectivity index (χ2v) is 10.1. The molecule has 0 aliphatic heterocycles. The molecule has 0 radical (unpaired) electrons. The van der Waals surface area contributed by atoms with Crippen LogP contribution in [0.25, 0.3) is 0 Å². The summed E-state index contributed by atoms with van der Waals surface area (Å²) in [7, 11) is -5.96. The van der Waals surface area contributed by atoms with E-state index in [1.807, 2.05) is 22.6 Å². The maximum atomic E-state index is 13.7. The van der Waals surface area contributed by atoms with Crippen LogP contribution in [0.5, 0.6) is 11.5 Å². The summed E-state index contributed by atoms with van der Waals surface area (Å²) in [6.45, 7) is 0.447. The van der Waals surface area contributed by atoms with E-state index in [1.165, 1.54) is 12.1 Å². The quantitative estimate of drug-likeness (QED) is 0.108. The van der Waals surface area contributed by atoms with Gasteiger partial charge in [-0.15, -0.1) is 0 Å². The third-order valence-electron chi connectivity index (χ3n) is 3.95. The first-order valence-electron chi connectivity index (χ1n) is 8.31. The van der Waals surface area contributed by atoms with Crippen LogP contribution in [-0.2, 0) is 14.9 Å². The maximum Gasteiger partial charge on any atom is 0.405 e. The van der Waals surface area contributed by atoms with Gasteiger partial charge in [0.1, 0.15) is 16.9 Å². The molecular formula is C17H11F2I2NO10S. The van der Waals surface area contributed by atoms with Crippen molar-refractivity contribution in [1.82, 2.24) is 0 Å². The molecule has 33 heavy (non-hydrogen) atoms. The van der Waals surface area contributed by atoms with Gasteiger partial charge in [-0.25, -0.2) is 9.59 Å². The number of para-hydroxylation sites is 1. The summed E-state index contributed by atoms with van der Waals surface area (Å²) in [4.78, 5) is 35.2. The first-order valence-corrected chi connectivity index (χ1v) is 11.9. The van der Waals surface area contributed by atoms with E-state index in [1.54, 1.807) is 22.6 Å².